The van der Waals surface area contributed by atoms with Crippen molar-refractivity contribution in [2.45, 2.75) is 19.5 Å². The molecule has 2 aromatic heterocycles. The van der Waals surface area contributed by atoms with Gasteiger partial charge in [-0.15, -0.1) is 10.2 Å². The summed E-state index contributed by atoms with van der Waals surface area (Å²) < 4.78 is 2.14. The second-order valence-electron chi connectivity index (χ2n) is 7.76. The third-order valence-electron chi connectivity index (χ3n) is 5.78. The van der Waals surface area contributed by atoms with Gasteiger partial charge in [-0.2, -0.15) is 0 Å². The molecule has 4 heterocycles. The maximum Gasteiger partial charge on any atom is 0.172 e. The Balaban J connectivity index is 1.44. The smallest absolute Gasteiger partial charge is 0.172 e. The van der Waals surface area contributed by atoms with Crippen molar-refractivity contribution in [1.82, 2.24) is 25.1 Å². The molecule has 1 fully saturated rings. The third-order valence-corrected chi connectivity index (χ3v) is 6.13. The van der Waals surface area contributed by atoms with E-state index in [2.05, 4.69) is 60.5 Å². The van der Waals surface area contributed by atoms with E-state index in [4.69, 9.17) is 11.6 Å². The van der Waals surface area contributed by atoms with Crippen LogP contribution >= 0.6 is 11.6 Å². The van der Waals surface area contributed by atoms with Crippen LogP contribution in [0.15, 0.2) is 42.9 Å². The van der Waals surface area contributed by atoms with Crippen LogP contribution in [0.2, 0.25) is 5.02 Å². The fourth-order valence-electron chi connectivity index (χ4n) is 4.02. The predicted molar refractivity (Wildman–Crippen MR) is 115 cm³/mol. The molecule has 1 atom stereocenters. The SMILES string of the molecule is CC(c1ccccc1Cl)N1CCNc2nnc(-c3cn(CC4CNC4)cn3)cc21. The number of aromatic nitrogens is 4. The summed E-state index contributed by atoms with van der Waals surface area (Å²) >= 11 is 6.47. The molecule has 2 N–H and O–H groups in total. The van der Waals surface area contributed by atoms with E-state index in [1.807, 2.05) is 24.5 Å². The standard InChI is InChI=1S/C21H24ClN7/c1-14(16-4-2-3-5-17(16)22)29-7-6-24-21-20(29)8-18(26-27-21)19-12-28(13-25-19)11-15-9-23-10-15/h2-5,8,12-15,23H,6-7,9-11H2,1H3,(H,24,27). The number of benzene rings is 1. The van der Waals surface area contributed by atoms with Gasteiger partial charge >= 0.3 is 0 Å². The van der Waals surface area contributed by atoms with Crippen LogP contribution in [0.4, 0.5) is 11.5 Å². The molecule has 1 saturated heterocycles. The molecule has 0 amide bonds. The minimum atomic E-state index is 0.130. The molecule has 0 spiro atoms. The largest absolute Gasteiger partial charge is 0.365 e. The number of rotatable bonds is 5. The number of anilines is 2. The molecular weight excluding hydrogens is 386 g/mol. The Kier molecular flexibility index (Phi) is 4.85. The van der Waals surface area contributed by atoms with Crippen LogP contribution in [0, 0.1) is 5.92 Å². The Morgan fingerprint density at radius 3 is 2.86 bits per heavy atom. The quantitative estimate of drug-likeness (QED) is 0.674. The van der Waals surface area contributed by atoms with Crippen LogP contribution in [0.3, 0.4) is 0 Å². The number of halogens is 1. The summed E-state index contributed by atoms with van der Waals surface area (Å²) in [6.07, 6.45) is 3.95. The maximum absolute atomic E-state index is 6.47. The third kappa shape index (κ3) is 3.56. The van der Waals surface area contributed by atoms with Gasteiger partial charge in [0.15, 0.2) is 5.82 Å². The van der Waals surface area contributed by atoms with E-state index in [1.165, 1.54) is 0 Å². The fourth-order valence-corrected chi connectivity index (χ4v) is 4.31. The number of hydrogen-bond acceptors (Lipinski definition) is 6. The van der Waals surface area contributed by atoms with Crippen molar-refractivity contribution < 1.29 is 0 Å². The maximum atomic E-state index is 6.47. The molecule has 0 saturated carbocycles. The van der Waals surface area contributed by atoms with Crippen molar-refractivity contribution >= 4 is 23.1 Å². The van der Waals surface area contributed by atoms with Crippen molar-refractivity contribution in [1.29, 1.82) is 0 Å². The first-order valence-corrected chi connectivity index (χ1v) is 10.4. The Morgan fingerprint density at radius 2 is 2.07 bits per heavy atom. The van der Waals surface area contributed by atoms with Crippen LogP contribution in [0.25, 0.3) is 11.4 Å². The van der Waals surface area contributed by atoms with Crippen molar-refractivity contribution in [2.75, 3.05) is 36.4 Å². The normalized spacial score (nSPS) is 17.4. The molecule has 7 nitrogen and oxygen atoms in total. The van der Waals surface area contributed by atoms with Crippen LogP contribution < -0.4 is 15.5 Å². The van der Waals surface area contributed by atoms with E-state index in [0.717, 1.165) is 66.2 Å². The average molecular weight is 410 g/mol. The molecule has 1 aromatic carbocycles. The number of fused-ring (bicyclic) bond motifs is 1. The zero-order chi connectivity index (χ0) is 19.8. The summed E-state index contributed by atoms with van der Waals surface area (Å²) in [7, 11) is 0. The summed E-state index contributed by atoms with van der Waals surface area (Å²) in [5.41, 5.74) is 3.78. The molecule has 3 aromatic rings. The molecule has 2 aliphatic heterocycles. The highest BCUT2D eigenvalue weighted by Crippen LogP contribution is 2.37. The second-order valence-corrected chi connectivity index (χ2v) is 8.17. The zero-order valence-corrected chi connectivity index (χ0v) is 17.1. The Labute approximate surface area is 175 Å². The number of imidazole rings is 1. The van der Waals surface area contributed by atoms with Gasteiger partial charge in [0, 0.05) is 49.9 Å². The highest BCUT2D eigenvalue weighted by atomic mass is 35.5. The van der Waals surface area contributed by atoms with Crippen LogP contribution in [-0.2, 0) is 6.54 Å². The topological polar surface area (TPSA) is 70.9 Å². The van der Waals surface area contributed by atoms with E-state index in [0.29, 0.717) is 5.92 Å². The molecule has 5 rings (SSSR count). The van der Waals surface area contributed by atoms with Gasteiger partial charge in [-0.3, -0.25) is 0 Å². The Morgan fingerprint density at radius 1 is 1.21 bits per heavy atom. The van der Waals surface area contributed by atoms with E-state index < -0.39 is 0 Å². The number of hydrogen-bond donors (Lipinski definition) is 2. The minimum absolute atomic E-state index is 0.130. The Hall–Kier alpha value is -2.64. The minimum Gasteiger partial charge on any atom is -0.365 e. The van der Waals surface area contributed by atoms with Gasteiger partial charge in [0.1, 0.15) is 11.4 Å². The average Bonchev–Trinajstić information content (AvgIpc) is 3.18. The van der Waals surface area contributed by atoms with Gasteiger partial charge in [0.25, 0.3) is 0 Å². The predicted octanol–water partition coefficient (Wildman–Crippen LogP) is 3.21. The lowest BCUT2D eigenvalue weighted by Gasteiger charge is -2.36. The summed E-state index contributed by atoms with van der Waals surface area (Å²) in [5.74, 6) is 1.49. The molecular formula is C21H24ClN7. The summed E-state index contributed by atoms with van der Waals surface area (Å²) in [4.78, 5) is 6.90. The lowest BCUT2D eigenvalue weighted by Crippen LogP contribution is -2.44. The second kappa shape index (κ2) is 7.65. The van der Waals surface area contributed by atoms with Gasteiger partial charge in [-0.25, -0.2) is 4.98 Å². The molecule has 0 bridgehead atoms. The monoisotopic (exact) mass is 409 g/mol. The zero-order valence-electron chi connectivity index (χ0n) is 16.3. The first kappa shape index (κ1) is 18.4. The van der Waals surface area contributed by atoms with E-state index in [1.54, 1.807) is 0 Å². The lowest BCUT2D eigenvalue weighted by molar-refractivity contribution is 0.306. The van der Waals surface area contributed by atoms with Crippen molar-refractivity contribution in [3.63, 3.8) is 0 Å². The van der Waals surface area contributed by atoms with Crippen molar-refractivity contribution in [3.8, 4) is 11.4 Å². The van der Waals surface area contributed by atoms with E-state index >= 15 is 0 Å². The summed E-state index contributed by atoms with van der Waals surface area (Å²) in [6.45, 7) is 7.00. The summed E-state index contributed by atoms with van der Waals surface area (Å²) in [6, 6.07) is 10.2. The molecule has 150 valence electrons. The van der Waals surface area contributed by atoms with E-state index in [9.17, 15) is 0 Å². The van der Waals surface area contributed by atoms with Gasteiger partial charge in [-0.1, -0.05) is 29.8 Å². The first-order valence-electron chi connectivity index (χ1n) is 10.0. The molecule has 29 heavy (non-hydrogen) atoms. The van der Waals surface area contributed by atoms with E-state index in [-0.39, 0.29) is 6.04 Å². The molecule has 8 heteroatoms. The van der Waals surface area contributed by atoms with Crippen LogP contribution in [0.5, 0.6) is 0 Å². The van der Waals surface area contributed by atoms with Crippen molar-refractivity contribution in [2.24, 2.45) is 5.92 Å². The number of nitrogens with one attached hydrogen (secondary N) is 2. The van der Waals surface area contributed by atoms with Crippen LogP contribution in [0.1, 0.15) is 18.5 Å². The molecule has 1 unspecified atom stereocenters. The fraction of sp³-hybridized carbons (Fsp3) is 0.381. The number of nitrogens with zero attached hydrogens (tertiary/aromatic N) is 5. The highest BCUT2D eigenvalue weighted by Gasteiger charge is 2.26. The van der Waals surface area contributed by atoms with Gasteiger partial charge in [-0.05, 0) is 24.6 Å². The van der Waals surface area contributed by atoms with Crippen molar-refractivity contribution in [3.05, 3.63) is 53.4 Å². The molecule has 0 radical (unpaired) electrons. The van der Waals surface area contributed by atoms with Gasteiger partial charge in [0.2, 0.25) is 0 Å². The lowest BCUT2D eigenvalue weighted by atomic mass is 10.0. The summed E-state index contributed by atoms with van der Waals surface area (Å²) in [5, 5.41) is 16.3. The molecule has 0 aliphatic carbocycles. The highest BCUT2D eigenvalue weighted by molar-refractivity contribution is 6.31. The molecule has 2 aliphatic rings. The Bertz CT molecular complexity index is 1010. The first-order chi connectivity index (χ1) is 14.2. The van der Waals surface area contributed by atoms with Gasteiger partial charge in [0.05, 0.1) is 18.1 Å². The van der Waals surface area contributed by atoms with Gasteiger partial charge < -0.3 is 20.1 Å². The van der Waals surface area contributed by atoms with Crippen LogP contribution in [-0.4, -0.2) is 45.9 Å².